The minimum Gasteiger partial charge on any atom is -0.350 e. The minimum absolute atomic E-state index is 0.107. The lowest BCUT2D eigenvalue weighted by atomic mass is 10.0. The van der Waals surface area contributed by atoms with E-state index >= 15 is 0 Å². The van der Waals surface area contributed by atoms with Crippen LogP contribution in [0.25, 0.3) is 0 Å². The zero-order valence-corrected chi connectivity index (χ0v) is 18.8. The quantitative estimate of drug-likeness (QED) is 0.582. The molecule has 1 amide bonds. The van der Waals surface area contributed by atoms with Crippen molar-refractivity contribution in [3.05, 3.63) is 65.2 Å². The number of hydrogen-bond acceptors (Lipinski definition) is 4. The largest absolute Gasteiger partial charge is 0.350 e. The summed E-state index contributed by atoms with van der Waals surface area (Å²) in [4.78, 5) is 23.7. The molecule has 2 aromatic carbocycles. The Bertz CT molecular complexity index is 967. The van der Waals surface area contributed by atoms with Crippen molar-refractivity contribution in [3.63, 3.8) is 0 Å². The summed E-state index contributed by atoms with van der Waals surface area (Å²) in [6.45, 7) is 5.68. The summed E-state index contributed by atoms with van der Waals surface area (Å²) in [6, 6.07) is 13.9. The van der Waals surface area contributed by atoms with Crippen molar-refractivity contribution in [2.45, 2.75) is 51.0 Å². The number of rotatable bonds is 10. The summed E-state index contributed by atoms with van der Waals surface area (Å²) in [5, 5.41) is 2.96. The van der Waals surface area contributed by atoms with Gasteiger partial charge in [-0.3, -0.25) is 9.59 Å². The number of ketones is 1. The maximum atomic E-state index is 12.6. The second-order valence-electron chi connectivity index (χ2n) is 7.40. The molecule has 0 aliphatic heterocycles. The van der Waals surface area contributed by atoms with Gasteiger partial charge in [-0.25, -0.2) is 12.7 Å². The van der Waals surface area contributed by atoms with Crippen LogP contribution in [0.15, 0.2) is 53.4 Å². The van der Waals surface area contributed by atoms with Crippen LogP contribution >= 0.6 is 0 Å². The number of carbonyl (C=O) groups excluding carboxylic acids is 2. The molecule has 2 aromatic rings. The summed E-state index contributed by atoms with van der Waals surface area (Å²) in [6.07, 6.45) is 1.62. The van der Waals surface area contributed by atoms with Crippen LogP contribution in [0.4, 0.5) is 0 Å². The molecule has 0 spiro atoms. The first kappa shape index (κ1) is 23.8. The van der Waals surface area contributed by atoms with Gasteiger partial charge in [0.25, 0.3) is 0 Å². The molecule has 7 heteroatoms. The molecular formula is C23H30N2O4S. The Balaban J connectivity index is 1.85. The molecular weight excluding hydrogens is 400 g/mol. The summed E-state index contributed by atoms with van der Waals surface area (Å²) >= 11 is 0. The SMILES string of the molecule is CCc1ccc(C(C)NC(=O)CCCN(C)S(=O)(=O)c2ccc(C(C)=O)cc2)cc1. The molecule has 0 heterocycles. The number of hydrogen-bond donors (Lipinski definition) is 1. The van der Waals surface area contributed by atoms with Crippen LogP contribution in [0.1, 0.15) is 61.1 Å². The Morgan fingerprint density at radius 2 is 1.63 bits per heavy atom. The monoisotopic (exact) mass is 430 g/mol. The summed E-state index contributed by atoms with van der Waals surface area (Å²) < 4.78 is 26.5. The average Bonchev–Trinajstić information content (AvgIpc) is 2.73. The third-order valence-corrected chi connectivity index (χ3v) is 6.98. The van der Waals surface area contributed by atoms with E-state index < -0.39 is 10.0 Å². The van der Waals surface area contributed by atoms with Gasteiger partial charge in [-0.1, -0.05) is 43.3 Å². The van der Waals surface area contributed by atoms with E-state index in [-0.39, 0.29) is 35.6 Å². The lowest BCUT2D eigenvalue weighted by Gasteiger charge is -2.18. The first-order chi connectivity index (χ1) is 14.1. The van der Waals surface area contributed by atoms with Crippen LogP contribution in [-0.2, 0) is 21.2 Å². The van der Waals surface area contributed by atoms with Crippen LogP contribution < -0.4 is 5.32 Å². The molecule has 6 nitrogen and oxygen atoms in total. The summed E-state index contributed by atoms with van der Waals surface area (Å²) in [5.41, 5.74) is 2.75. The molecule has 1 unspecified atom stereocenters. The molecule has 0 aromatic heterocycles. The van der Waals surface area contributed by atoms with Crippen molar-refractivity contribution in [1.82, 2.24) is 9.62 Å². The third kappa shape index (κ3) is 6.24. The van der Waals surface area contributed by atoms with E-state index in [1.807, 2.05) is 19.1 Å². The zero-order chi connectivity index (χ0) is 22.3. The van der Waals surface area contributed by atoms with E-state index in [1.165, 1.54) is 48.1 Å². The van der Waals surface area contributed by atoms with Gasteiger partial charge in [0.2, 0.25) is 15.9 Å². The number of nitrogens with zero attached hydrogens (tertiary/aromatic N) is 1. The van der Waals surface area contributed by atoms with E-state index in [4.69, 9.17) is 0 Å². The molecule has 0 aliphatic rings. The molecule has 1 atom stereocenters. The number of Topliss-reactive ketones (excluding diaryl/α,β-unsaturated/α-hetero) is 1. The van der Waals surface area contributed by atoms with E-state index in [0.29, 0.717) is 12.0 Å². The second-order valence-corrected chi connectivity index (χ2v) is 9.44. The second kappa shape index (κ2) is 10.5. The molecule has 0 saturated heterocycles. The van der Waals surface area contributed by atoms with Crippen molar-refractivity contribution < 1.29 is 18.0 Å². The van der Waals surface area contributed by atoms with Gasteiger partial charge < -0.3 is 5.32 Å². The predicted molar refractivity (Wildman–Crippen MR) is 118 cm³/mol. The van der Waals surface area contributed by atoms with Crippen molar-refractivity contribution in [2.75, 3.05) is 13.6 Å². The molecule has 0 fully saturated rings. The Morgan fingerprint density at radius 3 is 2.17 bits per heavy atom. The van der Waals surface area contributed by atoms with Gasteiger partial charge in [0.15, 0.2) is 5.78 Å². The Kier molecular flexibility index (Phi) is 8.32. The molecule has 2 rings (SSSR count). The highest BCUT2D eigenvalue weighted by Gasteiger charge is 2.21. The van der Waals surface area contributed by atoms with Crippen LogP contribution in [-0.4, -0.2) is 38.0 Å². The van der Waals surface area contributed by atoms with Gasteiger partial charge in [-0.05, 0) is 49.9 Å². The highest BCUT2D eigenvalue weighted by Crippen LogP contribution is 2.17. The van der Waals surface area contributed by atoms with Crippen LogP contribution in [0.5, 0.6) is 0 Å². The number of aryl methyl sites for hydroxylation is 1. The van der Waals surface area contributed by atoms with Crippen molar-refractivity contribution in [1.29, 1.82) is 0 Å². The van der Waals surface area contributed by atoms with Crippen molar-refractivity contribution in [2.24, 2.45) is 0 Å². The maximum Gasteiger partial charge on any atom is 0.242 e. The third-order valence-electron chi connectivity index (χ3n) is 5.11. The topological polar surface area (TPSA) is 83.6 Å². The van der Waals surface area contributed by atoms with Gasteiger partial charge >= 0.3 is 0 Å². The molecule has 0 saturated carbocycles. The van der Waals surface area contributed by atoms with E-state index in [2.05, 4.69) is 24.4 Å². The van der Waals surface area contributed by atoms with Gasteiger partial charge in [-0.2, -0.15) is 0 Å². The molecule has 30 heavy (non-hydrogen) atoms. The Hall–Kier alpha value is -2.51. The molecule has 1 N–H and O–H groups in total. The maximum absolute atomic E-state index is 12.6. The number of carbonyl (C=O) groups is 2. The first-order valence-corrected chi connectivity index (χ1v) is 11.5. The lowest BCUT2D eigenvalue weighted by molar-refractivity contribution is -0.121. The average molecular weight is 431 g/mol. The van der Waals surface area contributed by atoms with Crippen LogP contribution in [0.3, 0.4) is 0 Å². The van der Waals surface area contributed by atoms with Gasteiger partial charge in [-0.15, -0.1) is 0 Å². The van der Waals surface area contributed by atoms with Gasteiger partial charge in [0.05, 0.1) is 10.9 Å². The standard InChI is InChI=1S/C23H30N2O4S/c1-5-19-8-10-20(11-9-19)17(2)24-23(27)7-6-16-25(4)30(28,29)22-14-12-21(13-15-22)18(3)26/h8-15,17H,5-7,16H2,1-4H3,(H,24,27). The zero-order valence-electron chi connectivity index (χ0n) is 18.0. The van der Waals surface area contributed by atoms with Gasteiger partial charge in [0, 0.05) is 25.6 Å². The number of amides is 1. The van der Waals surface area contributed by atoms with Crippen LogP contribution in [0.2, 0.25) is 0 Å². The fraction of sp³-hybridized carbons (Fsp3) is 0.391. The first-order valence-electron chi connectivity index (χ1n) is 10.1. The van der Waals surface area contributed by atoms with Crippen molar-refractivity contribution >= 4 is 21.7 Å². The fourth-order valence-electron chi connectivity index (χ4n) is 3.06. The summed E-state index contributed by atoms with van der Waals surface area (Å²) in [7, 11) is -2.17. The molecule has 0 bridgehead atoms. The smallest absolute Gasteiger partial charge is 0.242 e. The number of sulfonamides is 1. The highest BCUT2D eigenvalue weighted by molar-refractivity contribution is 7.89. The molecule has 0 aliphatic carbocycles. The Labute approximate surface area is 179 Å². The normalized spacial score (nSPS) is 12.6. The minimum atomic E-state index is -3.66. The van der Waals surface area contributed by atoms with Gasteiger partial charge in [0.1, 0.15) is 0 Å². The number of nitrogens with one attached hydrogen (secondary N) is 1. The number of benzene rings is 2. The molecule has 162 valence electrons. The highest BCUT2D eigenvalue weighted by atomic mass is 32.2. The lowest BCUT2D eigenvalue weighted by Crippen LogP contribution is -2.30. The predicted octanol–water partition coefficient (Wildman–Crippen LogP) is 3.73. The molecule has 0 radical (unpaired) electrons. The van der Waals surface area contributed by atoms with Crippen LogP contribution in [0, 0.1) is 0 Å². The van der Waals surface area contributed by atoms with E-state index in [9.17, 15) is 18.0 Å². The van der Waals surface area contributed by atoms with E-state index in [1.54, 1.807) is 0 Å². The fourth-order valence-corrected chi connectivity index (χ4v) is 4.27. The van der Waals surface area contributed by atoms with Crippen molar-refractivity contribution in [3.8, 4) is 0 Å². The Morgan fingerprint density at radius 1 is 1.03 bits per heavy atom. The summed E-state index contributed by atoms with van der Waals surface area (Å²) in [5.74, 6) is -0.229. The van der Waals surface area contributed by atoms with E-state index in [0.717, 1.165) is 12.0 Å².